The molecule has 30 heavy (non-hydrogen) atoms. The number of aromatic nitrogens is 3. The van der Waals surface area contributed by atoms with Gasteiger partial charge in [0.05, 0.1) is 5.41 Å². The van der Waals surface area contributed by atoms with Gasteiger partial charge in [0.15, 0.2) is 0 Å². The van der Waals surface area contributed by atoms with Gasteiger partial charge < -0.3 is 9.80 Å². The molecule has 0 aliphatic carbocycles. The molecule has 0 atom stereocenters. The van der Waals surface area contributed by atoms with Crippen LogP contribution in [0, 0.1) is 5.41 Å². The van der Waals surface area contributed by atoms with E-state index in [4.69, 9.17) is 0 Å². The molecule has 5 rings (SSSR count). The smallest absolute Gasteiger partial charge is 0.229 e. The molecule has 2 aliphatic heterocycles. The Morgan fingerprint density at radius 1 is 0.900 bits per heavy atom. The van der Waals surface area contributed by atoms with Crippen molar-refractivity contribution in [2.45, 2.75) is 32.4 Å². The van der Waals surface area contributed by atoms with E-state index < -0.39 is 0 Å². The minimum Gasteiger partial charge on any atom is -0.356 e. The molecule has 0 unspecified atom stereocenters. The molecular formula is C24H25N5O. The van der Waals surface area contributed by atoms with Gasteiger partial charge in [0, 0.05) is 44.8 Å². The monoisotopic (exact) mass is 399 g/mol. The Morgan fingerprint density at radius 3 is 2.37 bits per heavy atom. The second kappa shape index (κ2) is 7.86. The maximum Gasteiger partial charge on any atom is 0.229 e. The molecule has 0 bridgehead atoms. The Kier molecular flexibility index (Phi) is 4.91. The highest BCUT2D eigenvalue weighted by Crippen LogP contribution is 2.41. The third-order valence-corrected chi connectivity index (χ3v) is 6.48. The molecular weight excluding hydrogens is 374 g/mol. The second-order valence-electron chi connectivity index (χ2n) is 8.30. The first-order chi connectivity index (χ1) is 14.7. The van der Waals surface area contributed by atoms with E-state index in [2.05, 4.69) is 44.1 Å². The van der Waals surface area contributed by atoms with Crippen molar-refractivity contribution in [3.8, 4) is 0 Å². The average molecular weight is 399 g/mol. The quantitative estimate of drug-likeness (QED) is 0.677. The van der Waals surface area contributed by atoms with Crippen molar-refractivity contribution in [3.63, 3.8) is 0 Å². The van der Waals surface area contributed by atoms with Gasteiger partial charge in [-0.1, -0.05) is 24.3 Å². The van der Waals surface area contributed by atoms with Crippen LogP contribution < -0.4 is 4.90 Å². The van der Waals surface area contributed by atoms with Crippen LogP contribution in [-0.4, -0.2) is 38.8 Å². The number of nitrogens with zero attached hydrogens (tertiary/aromatic N) is 5. The molecule has 1 fully saturated rings. The summed E-state index contributed by atoms with van der Waals surface area (Å²) < 4.78 is 0. The molecule has 0 saturated carbocycles. The van der Waals surface area contributed by atoms with Crippen molar-refractivity contribution in [1.82, 2.24) is 19.9 Å². The third kappa shape index (κ3) is 3.54. The van der Waals surface area contributed by atoms with Crippen LogP contribution in [0.2, 0.25) is 0 Å². The molecule has 2 aliphatic rings. The summed E-state index contributed by atoms with van der Waals surface area (Å²) in [5.41, 5.74) is 3.32. The normalized spacial score (nSPS) is 18.2. The highest BCUT2D eigenvalue weighted by atomic mass is 16.2. The highest BCUT2D eigenvalue weighted by Gasteiger charge is 2.45. The van der Waals surface area contributed by atoms with Gasteiger partial charge in [0.2, 0.25) is 5.91 Å². The number of hydrogen-bond acceptors (Lipinski definition) is 5. The lowest BCUT2D eigenvalue weighted by atomic mass is 9.73. The van der Waals surface area contributed by atoms with Gasteiger partial charge in [-0.3, -0.25) is 9.78 Å². The van der Waals surface area contributed by atoms with Crippen LogP contribution in [0.5, 0.6) is 0 Å². The summed E-state index contributed by atoms with van der Waals surface area (Å²) in [5, 5.41) is 0. The van der Waals surface area contributed by atoms with Crippen molar-refractivity contribution < 1.29 is 4.79 Å². The van der Waals surface area contributed by atoms with Crippen molar-refractivity contribution >= 4 is 11.7 Å². The van der Waals surface area contributed by atoms with Gasteiger partial charge in [-0.15, -0.1) is 0 Å². The predicted octanol–water partition coefficient (Wildman–Crippen LogP) is 3.24. The van der Waals surface area contributed by atoms with Crippen LogP contribution in [0.1, 0.15) is 29.5 Å². The maximum absolute atomic E-state index is 13.9. The van der Waals surface area contributed by atoms with Crippen LogP contribution in [0.25, 0.3) is 0 Å². The number of rotatable bonds is 3. The van der Waals surface area contributed by atoms with E-state index >= 15 is 0 Å². The van der Waals surface area contributed by atoms with E-state index in [0.29, 0.717) is 13.1 Å². The van der Waals surface area contributed by atoms with Crippen molar-refractivity contribution in [1.29, 1.82) is 0 Å². The first-order valence-electron chi connectivity index (χ1n) is 10.5. The van der Waals surface area contributed by atoms with Crippen LogP contribution in [-0.2, 0) is 24.3 Å². The molecule has 1 aromatic carbocycles. The van der Waals surface area contributed by atoms with Crippen LogP contribution >= 0.6 is 0 Å². The Bertz CT molecular complexity index is 1020. The number of anilines is 1. The van der Waals surface area contributed by atoms with Crippen molar-refractivity contribution in [2.24, 2.45) is 5.41 Å². The SMILES string of the molecule is O=C1N(Cc2ccncc2)Cc2ccccc2CC12CCN(c1ccncn1)CC2. The van der Waals surface area contributed by atoms with Gasteiger partial charge in [0.1, 0.15) is 12.1 Å². The molecule has 1 spiro atoms. The molecule has 3 aromatic rings. The Labute approximate surface area is 176 Å². The maximum atomic E-state index is 13.9. The van der Waals surface area contributed by atoms with Gasteiger partial charge in [-0.25, -0.2) is 9.97 Å². The van der Waals surface area contributed by atoms with Crippen LogP contribution in [0.4, 0.5) is 5.82 Å². The van der Waals surface area contributed by atoms with Crippen LogP contribution in [0.15, 0.2) is 67.4 Å². The summed E-state index contributed by atoms with van der Waals surface area (Å²) in [6.45, 7) is 2.93. The Balaban J connectivity index is 1.44. The zero-order valence-corrected chi connectivity index (χ0v) is 16.9. The first-order valence-corrected chi connectivity index (χ1v) is 10.5. The molecule has 2 aromatic heterocycles. The van der Waals surface area contributed by atoms with E-state index in [9.17, 15) is 4.79 Å². The lowest BCUT2D eigenvalue weighted by Gasteiger charge is -2.42. The summed E-state index contributed by atoms with van der Waals surface area (Å²) in [7, 11) is 0. The number of amides is 1. The zero-order chi connectivity index (χ0) is 20.4. The Morgan fingerprint density at radius 2 is 1.63 bits per heavy atom. The molecule has 1 saturated heterocycles. The van der Waals surface area contributed by atoms with E-state index in [-0.39, 0.29) is 11.3 Å². The number of hydrogen-bond donors (Lipinski definition) is 0. The number of carbonyl (C=O) groups excluding carboxylic acids is 1. The number of piperidine rings is 1. The number of pyridine rings is 1. The highest BCUT2D eigenvalue weighted by molar-refractivity contribution is 5.84. The largest absolute Gasteiger partial charge is 0.356 e. The average Bonchev–Trinajstić information content (AvgIpc) is 2.91. The molecule has 6 nitrogen and oxygen atoms in total. The van der Waals surface area contributed by atoms with E-state index in [1.807, 2.05) is 23.1 Å². The fourth-order valence-electron chi connectivity index (χ4n) is 4.80. The van der Waals surface area contributed by atoms with Gasteiger partial charge in [0.25, 0.3) is 0 Å². The Hall–Kier alpha value is -3.28. The second-order valence-corrected chi connectivity index (χ2v) is 8.30. The number of benzene rings is 1. The van der Waals surface area contributed by atoms with Gasteiger partial charge >= 0.3 is 0 Å². The third-order valence-electron chi connectivity index (χ3n) is 6.48. The van der Waals surface area contributed by atoms with Crippen molar-refractivity contribution in [2.75, 3.05) is 18.0 Å². The standard InChI is InChI=1S/C24H25N5O/c30-23-24(8-13-28(14-9-24)22-7-12-26-18-27-22)15-20-3-1-2-4-21(20)17-29(23)16-19-5-10-25-11-6-19/h1-7,10-12,18H,8-9,13-17H2. The summed E-state index contributed by atoms with van der Waals surface area (Å²) in [4.78, 5) is 30.7. The molecule has 0 N–H and O–H groups in total. The topological polar surface area (TPSA) is 62.2 Å². The van der Waals surface area contributed by atoms with Crippen molar-refractivity contribution in [3.05, 3.63) is 84.1 Å². The molecule has 0 radical (unpaired) electrons. The summed E-state index contributed by atoms with van der Waals surface area (Å²) in [5.74, 6) is 1.22. The lowest BCUT2D eigenvalue weighted by Crippen LogP contribution is -2.50. The number of fused-ring (bicyclic) bond motifs is 1. The lowest BCUT2D eigenvalue weighted by molar-refractivity contribution is -0.144. The van der Waals surface area contributed by atoms with Crippen LogP contribution in [0.3, 0.4) is 0 Å². The van der Waals surface area contributed by atoms with Gasteiger partial charge in [-0.05, 0) is 54.2 Å². The predicted molar refractivity (Wildman–Crippen MR) is 115 cm³/mol. The molecule has 4 heterocycles. The summed E-state index contributed by atoms with van der Waals surface area (Å²) >= 11 is 0. The van der Waals surface area contributed by atoms with Gasteiger partial charge in [-0.2, -0.15) is 0 Å². The molecule has 152 valence electrons. The van der Waals surface area contributed by atoms with E-state index in [1.165, 1.54) is 11.1 Å². The minimum atomic E-state index is -0.358. The molecule has 1 amide bonds. The first kappa shape index (κ1) is 18.7. The number of carbonyl (C=O) groups is 1. The van der Waals surface area contributed by atoms with E-state index in [0.717, 1.165) is 43.7 Å². The zero-order valence-electron chi connectivity index (χ0n) is 16.9. The summed E-state index contributed by atoms with van der Waals surface area (Å²) in [6, 6.07) is 14.4. The van der Waals surface area contributed by atoms with E-state index in [1.54, 1.807) is 24.9 Å². The summed E-state index contributed by atoms with van der Waals surface area (Å²) in [6.07, 6.45) is 9.42. The fourth-order valence-corrected chi connectivity index (χ4v) is 4.80. The molecule has 6 heteroatoms. The minimum absolute atomic E-state index is 0.276. The fraction of sp³-hybridized carbons (Fsp3) is 0.333.